The molecule has 0 aliphatic carbocycles. The van der Waals surface area contributed by atoms with Crippen molar-refractivity contribution in [2.24, 2.45) is 0 Å². The average molecular weight is 300 g/mol. The quantitative estimate of drug-likeness (QED) is 0.668. The van der Waals surface area contributed by atoms with Gasteiger partial charge in [0.15, 0.2) is 5.78 Å². The minimum atomic E-state index is -0.0613. The van der Waals surface area contributed by atoms with E-state index in [1.54, 1.807) is 24.3 Å². The van der Waals surface area contributed by atoms with E-state index < -0.39 is 0 Å². The van der Waals surface area contributed by atoms with Crippen LogP contribution in [0.5, 0.6) is 0 Å². The molecule has 18 heavy (non-hydrogen) atoms. The number of hydrogen-bond donors (Lipinski definition) is 0. The Bertz CT molecular complexity index is 620. The molecule has 0 radical (unpaired) electrons. The molecule has 0 N–H and O–H groups in total. The maximum absolute atomic E-state index is 11.3. The molecule has 0 atom stereocenters. The molecule has 2 rings (SSSR count). The van der Waals surface area contributed by atoms with Gasteiger partial charge in [-0.15, -0.1) is 0 Å². The molecular weight excluding hydrogens is 291 g/mol. The summed E-state index contributed by atoms with van der Waals surface area (Å²) in [6, 6.07) is 10.5. The minimum absolute atomic E-state index is 0.0613. The van der Waals surface area contributed by atoms with Gasteiger partial charge in [-0.1, -0.05) is 46.9 Å². The fraction of sp³-hybridized carbons (Fsp3) is 0.0714. The summed E-state index contributed by atoms with van der Waals surface area (Å²) in [5.74, 6) is -0.0613. The Morgan fingerprint density at radius 3 is 2.22 bits per heavy atom. The lowest BCUT2D eigenvalue weighted by Crippen LogP contribution is -1.93. The number of ketones is 1. The van der Waals surface area contributed by atoms with Crippen LogP contribution in [0.15, 0.2) is 36.4 Å². The van der Waals surface area contributed by atoms with E-state index in [1.807, 2.05) is 12.1 Å². The van der Waals surface area contributed by atoms with Gasteiger partial charge >= 0.3 is 0 Å². The Labute approximate surface area is 120 Å². The van der Waals surface area contributed by atoms with Crippen LogP contribution in [0.3, 0.4) is 0 Å². The zero-order valence-electron chi connectivity index (χ0n) is 9.51. The van der Waals surface area contributed by atoms with E-state index in [0.717, 1.165) is 11.1 Å². The second kappa shape index (κ2) is 5.31. The first-order valence-electron chi connectivity index (χ1n) is 5.25. The first-order chi connectivity index (χ1) is 8.49. The first kappa shape index (κ1) is 13.4. The van der Waals surface area contributed by atoms with E-state index in [1.165, 1.54) is 6.92 Å². The Balaban J connectivity index is 2.52. The van der Waals surface area contributed by atoms with Gasteiger partial charge in [-0.2, -0.15) is 0 Å². The van der Waals surface area contributed by atoms with Crippen molar-refractivity contribution in [3.8, 4) is 11.1 Å². The van der Waals surface area contributed by atoms with Crippen LogP contribution in [-0.4, -0.2) is 5.78 Å². The molecule has 0 saturated carbocycles. The van der Waals surface area contributed by atoms with Crippen molar-refractivity contribution in [1.29, 1.82) is 0 Å². The first-order valence-corrected chi connectivity index (χ1v) is 6.38. The van der Waals surface area contributed by atoms with E-state index in [-0.39, 0.29) is 5.78 Å². The number of Topliss-reactive ketones (excluding diaryl/α,β-unsaturated/α-hetero) is 1. The fourth-order valence-electron chi connectivity index (χ4n) is 1.69. The monoisotopic (exact) mass is 298 g/mol. The molecule has 4 heteroatoms. The zero-order valence-corrected chi connectivity index (χ0v) is 11.8. The second-order valence-electron chi connectivity index (χ2n) is 3.87. The summed E-state index contributed by atoms with van der Waals surface area (Å²) in [4.78, 5) is 11.3. The largest absolute Gasteiger partial charge is 0.294 e. The van der Waals surface area contributed by atoms with E-state index in [9.17, 15) is 4.79 Å². The Kier molecular flexibility index (Phi) is 3.96. The lowest BCUT2D eigenvalue weighted by Gasteiger charge is -2.07. The van der Waals surface area contributed by atoms with Crippen molar-refractivity contribution in [2.45, 2.75) is 6.92 Å². The van der Waals surface area contributed by atoms with E-state index in [4.69, 9.17) is 34.8 Å². The summed E-state index contributed by atoms with van der Waals surface area (Å²) in [7, 11) is 0. The number of rotatable bonds is 2. The molecule has 0 aliphatic heterocycles. The summed E-state index contributed by atoms with van der Waals surface area (Å²) in [6.07, 6.45) is 0. The van der Waals surface area contributed by atoms with Crippen LogP contribution in [-0.2, 0) is 0 Å². The van der Waals surface area contributed by atoms with Crippen LogP contribution in [0.2, 0.25) is 15.1 Å². The number of hydrogen-bond acceptors (Lipinski definition) is 1. The molecule has 92 valence electrons. The zero-order chi connectivity index (χ0) is 13.3. The maximum atomic E-state index is 11.3. The fourth-order valence-corrected chi connectivity index (χ4v) is 2.52. The number of benzene rings is 2. The maximum Gasteiger partial charge on any atom is 0.161 e. The molecule has 0 fully saturated rings. The lowest BCUT2D eigenvalue weighted by atomic mass is 10.0. The van der Waals surface area contributed by atoms with Crippen LogP contribution in [0.4, 0.5) is 0 Å². The standard InChI is InChI=1S/C14H9Cl3O/c1-8(18)11-4-2-9(6-13(11)16)12-5-3-10(15)7-14(12)17/h2-7H,1H3. The molecular formula is C14H9Cl3O. The van der Waals surface area contributed by atoms with E-state index in [2.05, 4.69) is 0 Å². The molecule has 0 heterocycles. The van der Waals surface area contributed by atoms with Crippen LogP contribution in [0.1, 0.15) is 17.3 Å². The van der Waals surface area contributed by atoms with Crippen LogP contribution >= 0.6 is 34.8 Å². The van der Waals surface area contributed by atoms with Crippen molar-refractivity contribution >= 4 is 40.6 Å². The minimum Gasteiger partial charge on any atom is -0.294 e. The van der Waals surface area contributed by atoms with Crippen molar-refractivity contribution in [3.05, 3.63) is 57.0 Å². The second-order valence-corrected chi connectivity index (χ2v) is 5.13. The molecule has 0 aromatic heterocycles. The highest BCUT2D eigenvalue weighted by atomic mass is 35.5. The molecule has 0 bridgehead atoms. The van der Waals surface area contributed by atoms with Crippen molar-refractivity contribution in [1.82, 2.24) is 0 Å². The number of carbonyl (C=O) groups excluding carboxylic acids is 1. The van der Waals surface area contributed by atoms with Gasteiger partial charge in [0.1, 0.15) is 0 Å². The Hall–Kier alpha value is -1.02. The molecule has 1 nitrogen and oxygen atoms in total. The highest BCUT2D eigenvalue weighted by Gasteiger charge is 2.09. The molecule has 0 spiro atoms. The van der Waals surface area contributed by atoms with Gasteiger partial charge in [0.25, 0.3) is 0 Å². The molecule has 0 amide bonds. The van der Waals surface area contributed by atoms with Crippen LogP contribution < -0.4 is 0 Å². The van der Waals surface area contributed by atoms with Gasteiger partial charge in [-0.25, -0.2) is 0 Å². The van der Waals surface area contributed by atoms with Gasteiger partial charge in [0.2, 0.25) is 0 Å². The van der Waals surface area contributed by atoms with Gasteiger partial charge in [0, 0.05) is 21.2 Å². The topological polar surface area (TPSA) is 17.1 Å². The third kappa shape index (κ3) is 2.69. The third-order valence-electron chi connectivity index (χ3n) is 2.59. The van der Waals surface area contributed by atoms with Gasteiger partial charge < -0.3 is 0 Å². The molecule has 2 aromatic carbocycles. The summed E-state index contributed by atoms with van der Waals surface area (Å²) in [5, 5.41) is 1.55. The van der Waals surface area contributed by atoms with Crippen molar-refractivity contribution in [3.63, 3.8) is 0 Å². The van der Waals surface area contributed by atoms with Crippen molar-refractivity contribution in [2.75, 3.05) is 0 Å². The Morgan fingerprint density at radius 2 is 1.67 bits per heavy atom. The lowest BCUT2D eigenvalue weighted by molar-refractivity contribution is 0.101. The number of halogens is 3. The Morgan fingerprint density at radius 1 is 0.944 bits per heavy atom. The van der Waals surface area contributed by atoms with Gasteiger partial charge in [0.05, 0.1) is 5.02 Å². The summed E-state index contributed by atoms with van der Waals surface area (Å²) in [6.45, 7) is 1.48. The van der Waals surface area contributed by atoms with E-state index in [0.29, 0.717) is 20.6 Å². The predicted octanol–water partition coefficient (Wildman–Crippen LogP) is 5.52. The molecule has 0 saturated heterocycles. The average Bonchev–Trinajstić information content (AvgIpc) is 2.28. The summed E-state index contributed by atoms with van der Waals surface area (Å²) in [5.41, 5.74) is 2.19. The normalized spacial score (nSPS) is 10.4. The predicted molar refractivity (Wildman–Crippen MR) is 76.9 cm³/mol. The smallest absolute Gasteiger partial charge is 0.161 e. The third-order valence-corrected chi connectivity index (χ3v) is 3.45. The molecule has 0 unspecified atom stereocenters. The summed E-state index contributed by atoms with van der Waals surface area (Å²) < 4.78 is 0. The number of carbonyl (C=O) groups is 1. The van der Waals surface area contributed by atoms with Crippen LogP contribution in [0.25, 0.3) is 11.1 Å². The molecule has 2 aromatic rings. The van der Waals surface area contributed by atoms with Crippen LogP contribution in [0, 0.1) is 0 Å². The molecule has 0 aliphatic rings. The highest BCUT2D eigenvalue weighted by Crippen LogP contribution is 2.32. The van der Waals surface area contributed by atoms with Gasteiger partial charge in [-0.3, -0.25) is 4.79 Å². The highest BCUT2D eigenvalue weighted by molar-refractivity contribution is 6.37. The van der Waals surface area contributed by atoms with E-state index >= 15 is 0 Å². The van der Waals surface area contributed by atoms with Crippen molar-refractivity contribution < 1.29 is 4.79 Å². The summed E-state index contributed by atoms with van der Waals surface area (Å²) >= 11 is 18.0. The van der Waals surface area contributed by atoms with Gasteiger partial charge in [-0.05, 0) is 36.8 Å². The SMILES string of the molecule is CC(=O)c1ccc(-c2ccc(Cl)cc2Cl)cc1Cl.